The van der Waals surface area contributed by atoms with Gasteiger partial charge in [-0.3, -0.25) is 4.79 Å². The van der Waals surface area contributed by atoms with E-state index in [1.54, 1.807) is 12.1 Å². The van der Waals surface area contributed by atoms with E-state index in [0.29, 0.717) is 15.5 Å². The van der Waals surface area contributed by atoms with Gasteiger partial charge in [0.2, 0.25) is 5.78 Å². The quantitative estimate of drug-likeness (QED) is 0.374. The Balaban J connectivity index is 2.44. The summed E-state index contributed by atoms with van der Waals surface area (Å²) in [5, 5.41) is 2.48. The van der Waals surface area contributed by atoms with Crippen molar-refractivity contribution in [2.24, 2.45) is 0 Å². The fourth-order valence-electron chi connectivity index (χ4n) is 1.24. The molecule has 0 saturated carbocycles. The minimum Gasteiger partial charge on any atom is -0.288 e. The van der Waals surface area contributed by atoms with Crippen molar-refractivity contribution in [3.63, 3.8) is 0 Å². The molecule has 0 amide bonds. The number of carbonyl (C=O) groups excluding carboxylic acids is 1. The summed E-state index contributed by atoms with van der Waals surface area (Å²) < 4.78 is 2.62. The summed E-state index contributed by atoms with van der Waals surface area (Å²) in [7, 11) is 0. The second kappa shape index (κ2) is 5.69. The lowest BCUT2D eigenvalue weighted by molar-refractivity contribution is 0.104. The molecule has 17 heavy (non-hydrogen) atoms. The first-order chi connectivity index (χ1) is 8.00. The van der Waals surface area contributed by atoms with Crippen LogP contribution in [0.25, 0.3) is 0 Å². The molecule has 0 saturated heterocycles. The average molecular weight is 506 g/mol. The minimum absolute atomic E-state index is 0.0223. The second-order valence-electron chi connectivity index (χ2n) is 3.18. The molecular formula is C11H4Br2ClIOS. The molecule has 0 aliphatic rings. The molecule has 1 nitrogen and oxygen atoms in total. The van der Waals surface area contributed by atoms with Gasteiger partial charge in [-0.25, -0.2) is 0 Å². The Bertz CT molecular complexity index is 597. The van der Waals surface area contributed by atoms with Crippen LogP contribution in [0.1, 0.15) is 15.2 Å². The van der Waals surface area contributed by atoms with E-state index in [1.165, 1.54) is 11.3 Å². The van der Waals surface area contributed by atoms with Crippen LogP contribution in [0, 0.1) is 3.57 Å². The molecule has 0 aliphatic carbocycles. The first-order valence-corrected chi connectivity index (χ1v) is 8.35. The molecule has 1 aromatic carbocycles. The predicted molar refractivity (Wildman–Crippen MR) is 87.3 cm³/mol. The molecule has 1 heterocycles. The lowest BCUT2D eigenvalue weighted by Crippen LogP contribution is -1.99. The summed E-state index contributed by atoms with van der Waals surface area (Å²) in [6.45, 7) is 0. The van der Waals surface area contributed by atoms with E-state index in [-0.39, 0.29) is 5.78 Å². The number of halogens is 4. The van der Waals surface area contributed by atoms with E-state index in [0.717, 1.165) is 12.5 Å². The normalized spacial score (nSPS) is 10.6. The zero-order valence-electron chi connectivity index (χ0n) is 8.14. The van der Waals surface area contributed by atoms with E-state index >= 15 is 0 Å². The van der Waals surface area contributed by atoms with Crippen molar-refractivity contribution in [3.8, 4) is 0 Å². The number of hydrogen-bond donors (Lipinski definition) is 0. The molecule has 6 heteroatoms. The van der Waals surface area contributed by atoms with Gasteiger partial charge >= 0.3 is 0 Å². The number of benzene rings is 1. The van der Waals surface area contributed by atoms with Crippen LogP contribution in [-0.2, 0) is 0 Å². The molecule has 0 fully saturated rings. The van der Waals surface area contributed by atoms with Gasteiger partial charge in [0.05, 0.1) is 14.4 Å². The van der Waals surface area contributed by atoms with Crippen LogP contribution in [0.15, 0.2) is 32.5 Å². The largest absolute Gasteiger partial charge is 0.288 e. The molecule has 0 aliphatic heterocycles. The molecule has 2 rings (SSSR count). The third-order valence-electron chi connectivity index (χ3n) is 2.08. The molecule has 1 aromatic heterocycles. The van der Waals surface area contributed by atoms with Crippen molar-refractivity contribution in [1.82, 2.24) is 0 Å². The highest BCUT2D eigenvalue weighted by molar-refractivity contribution is 14.1. The monoisotopic (exact) mass is 504 g/mol. The number of hydrogen-bond acceptors (Lipinski definition) is 2. The summed E-state index contributed by atoms with van der Waals surface area (Å²) in [6, 6.07) is 5.33. The van der Waals surface area contributed by atoms with E-state index in [9.17, 15) is 4.79 Å². The van der Waals surface area contributed by atoms with Crippen LogP contribution in [0.4, 0.5) is 0 Å². The third-order valence-corrected chi connectivity index (χ3v) is 7.17. The molecule has 0 unspecified atom stereocenters. The van der Waals surface area contributed by atoms with E-state index in [2.05, 4.69) is 54.5 Å². The molecule has 0 bridgehead atoms. The molecule has 0 N–H and O–H groups in total. The fourth-order valence-corrected chi connectivity index (χ4v) is 3.87. The van der Waals surface area contributed by atoms with Gasteiger partial charge in [0.1, 0.15) is 0 Å². The van der Waals surface area contributed by atoms with Crippen LogP contribution in [0.3, 0.4) is 0 Å². The summed E-state index contributed by atoms with van der Waals surface area (Å²) in [5.41, 5.74) is 0.602. The van der Waals surface area contributed by atoms with Crippen LogP contribution >= 0.6 is 77.4 Å². The highest BCUT2D eigenvalue weighted by Gasteiger charge is 2.17. The Kier molecular flexibility index (Phi) is 4.68. The van der Waals surface area contributed by atoms with Crippen LogP contribution < -0.4 is 0 Å². The number of ketones is 1. The van der Waals surface area contributed by atoms with Crippen molar-refractivity contribution in [1.29, 1.82) is 0 Å². The lowest BCUT2D eigenvalue weighted by atomic mass is 10.1. The minimum atomic E-state index is -0.0223. The van der Waals surface area contributed by atoms with Gasteiger partial charge in [-0.2, -0.15) is 0 Å². The SMILES string of the molecule is O=C(c1ccc(I)c(Cl)c1)c1scc(Br)c1Br. The van der Waals surface area contributed by atoms with Crippen molar-refractivity contribution in [2.75, 3.05) is 0 Å². The number of rotatable bonds is 2. The maximum absolute atomic E-state index is 12.2. The standard InChI is InChI=1S/C11H4Br2ClIOS/c12-6-4-17-11(9(6)13)10(16)5-1-2-8(15)7(14)3-5/h1-4H. The van der Waals surface area contributed by atoms with Crippen molar-refractivity contribution >= 4 is 83.2 Å². The lowest BCUT2D eigenvalue weighted by Gasteiger charge is -2.01. The Morgan fingerprint density at radius 2 is 2.06 bits per heavy atom. The topological polar surface area (TPSA) is 17.1 Å². The summed E-state index contributed by atoms with van der Waals surface area (Å²) >= 11 is 16.3. The van der Waals surface area contributed by atoms with Gasteiger partial charge in [-0.1, -0.05) is 11.6 Å². The molecule has 2 aromatic rings. The van der Waals surface area contributed by atoms with E-state index in [1.807, 2.05) is 11.4 Å². The Labute approximate surface area is 138 Å². The van der Waals surface area contributed by atoms with Crippen LogP contribution in [-0.4, -0.2) is 5.78 Å². The van der Waals surface area contributed by atoms with E-state index < -0.39 is 0 Å². The predicted octanol–water partition coefficient (Wildman–Crippen LogP) is 5.76. The first kappa shape index (κ1) is 14.0. The smallest absolute Gasteiger partial charge is 0.204 e. The third kappa shape index (κ3) is 2.94. The molecule has 0 atom stereocenters. The van der Waals surface area contributed by atoms with Crippen LogP contribution in [0.2, 0.25) is 5.02 Å². The molecule has 0 spiro atoms. The van der Waals surface area contributed by atoms with Crippen molar-refractivity contribution in [3.05, 3.63) is 51.6 Å². The van der Waals surface area contributed by atoms with Gasteiger partial charge in [-0.05, 0) is 72.6 Å². The van der Waals surface area contributed by atoms with Gasteiger partial charge in [0, 0.05) is 19.0 Å². The Morgan fingerprint density at radius 1 is 1.35 bits per heavy atom. The zero-order chi connectivity index (χ0) is 12.6. The number of thiophene rings is 1. The van der Waals surface area contributed by atoms with Crippen LogP contribution in [0.5, 0.6) is 0 Å². The van der Waals surface area contributed by atoms with Crippen molar-refractivity contribution < 1.29 is 4.79 Å². The first-order valence-electron chi connectivity index (χ1n) is 4.43. The summed E-state index contributed by atoms with van der Waals surface area (Å²) in [6.07, 6.45) is 0. The van der Waals surface area contributed by atoms with Gasteiger partial charge in [0.15, 0.2) is 0 Å². The average Bonchev–Trinajstić information content (AvgIpc) is 2.63. The summed E-state index contributed by atoms with van der Waals surface area (Å²) in [5.74, 6) is -0.0223. The van der Waals surface area contributed by atoms with Gasteiger partial charge in [-0.15, -0.1) is 11.3 Å². The Hall–Kier alpha value is 0.570. The molecular weight excluding hydrogens is 502 g/mol. The number of carbonyl (C=O) groups is 1. The Morgan fingerprint density at radius 3 is 2.59 bits per heavy atom. The van der Waals surface area contributed by atoms with Gasteiger partial charge < -0.3 is 0 Å². The molecule has 88 valence electrons. The highest BCUT2D eigenvalue weighted by atomic mass is 127. The second-order valence-corrected chi connectivity index (χ2v) is 7.28. The van der Waals surface area contributed by atoms with E-state index in [4.69, 9.17) is 11.6 Å². The zero-order valence-corrected chi connectivity index (χ0v) is 15.0. The van der Waals surface area contributed by atoms with Crippen molar-refractivity contribution in [2.45, 2.75) is 0 Å². The van der Waals surface area contributed by atoms with Gasteiger partial charge in [0.25, 0.3) is 0 Å². The maximum atomic E-state index is 12.2. The summed E-state index contributed by atoms with van der Waals surface area (Å²) in [4.78, 5) is 12.9. The molecule has 0 radical (unpaired) electrons. The maximum Gasteiger partial charge on any atom is 0.204 e. The highest BCUT2D eigenvalue weighted by Crippen LogP contribution is 2.34. The fraction of sp³-hybridized carbons (Fsp3) is 0.